The van der Waals surface area contributed by atoms with Gasteiger partial charge in [-0.1, -0.05) is 6.07 Å². The first kappa shape index (κ1) is 13.1. The van der Waals surface area contributed by atoms with E-state index in [-0.39, 0.29) is 16.9 Å². The van der Waals surface area contributed by atoms with Crippen LogP contribution in [0, 0.1) is 0 Å². The number of thioether (sulfide) groups is 1. The van der Waals surface area contributed by atoms with Gasteiger partial charge in [0.2, 0.25) is 5.91 Å². The lowest BCUT2D eigenvalue weighted by Gasteiger charge is -2.29. The summed E-state index contributed by atoms with van der Waals surface area (Å²) in [4.78, 5) is 25.7. The predicted octanol–water partition coefficient (Wildman–Crippen LogP) is 2.67. The Bertz CT molecular complexity index is 499. The molecule has 1 heterocycles. The number of amides is 1. The quantitative estimate of drug-likeness (QED) is 0.841. The lowest BCUT2D eigenvalue weighted by atomic mass is 10.1. The molecule has 0 fully saturated rings. The van der Waals surface area contributed by atoms with Gasteiger partial charge in [-0.2, -0.15) is 0 Å². The van der Waals surface area contributed by atoms with E-state index >= 15 is 0 Å². The molecule has 1 atom stereocenters. The van der Waals surface area contributed by atoms with Crippen LogP contribution in [-0.4, -0.2) is 24.0 Å². The SMILES string of the molecule is CC(=O)CCc1ccc2c(c1)SC(C)C(=O)N2C. The standard InChI is InChI=1S/C14H17NO2S/c1-9(16)4-5-11-6-7-12-13(8-11)18-10(2)14(17)15(12)3/h6-8,10H,4-5H2,1-3H3. The van der Waals surface area contributed by atoms with E-state index in [4.69, 9.17) is 0 Å². The molecule has 0 saturated carbocycles. The molecule has 4 heteroatoms. The second kappa shape index (κ2) is 5.14. The Kier molecular flexibility index (Phi) is 3.76. The van der Waals surface area contributed by atoms with Crippen LogP contribution in [-0.2, 0) is 16.0 Å². The summed E-state index contributed by atoms with van der Waals surface area (Å²) in [6.45, 7) is 3.54. The summed E-state index contributed by atoms with van der Waals surface area (Å²) in [5, 5.41) is -0.0365. The molecular formula is C14H17NO2S. The van der Waals surface area contributed by atoms with Crippen molar-refractivity contribution in [2.75, 3.05) is 11.9 Å². The van der Waals surface area contributed by atoms with Gasteiger partial charge in [-0.25, -0.2) is 0 Å². The van der Waals surface area contributed by atoms with E-state index in [1.54, 1.807) is 23.6 Å². The third kappa shape index (κ3) is 2.58. The molecule has 1 aliphatic rings. The monoisotopic (exact) mass is 263 g/mol. The average molecular weight is 263 g/mol. The maximum atomic E-state index is 11.8. The Morgan fingerprint density at radius 3 is 2.83 bits per heavy atom. The summed E-state index contributed by atoms with van der Waals surface area (Å²) in [5.74, 6) is 0.352. The third-order valence-electron chi connectivity index (χ3n) is 3.13. The Balaban J connectivity index is 2.24. The molecule has 3 nitrogen and oxygen atoms in total. The fraction of sp³-hybridized carbons (Fsp3) is 0.429. The lowest BCUT2D eigenvalue weighted by Crippen LogP contribution is -2.36. The van der Waals surface area contributed by atoms with Crippen LogP contribution in [0.1, 0.15) is 25.8 Å². The molecule has 1 aliphatic heterocycles. The number of hydrogen-bond acceptors (Lipinski definition) is 3. The van der Waals surface area contributed by atoms with Crippen molar-refractivity contribution >= 4 is 29.1 Å². The molecule has 2 rings (SSSR count). The summed E-state index contributed by atoms with van der Waals surface area (Å²) in [6, 6.07) is 6.08. The van der Waals surface area contributed by atoms with Gasteiger partial charge in [-0.15, -0.1) is 11.8 Å². The van der Waals surface area contributed by atoms with Crippen molar-refractivity contribution in [1.82, 2.24) is 0 Å². The molecule has 0 radical (unpaired) electrons. The summed E-state index contributed by atoms with van der Waals surface area (Å²) in [5.41, 5.74) is 2.13. The van der Waals surface area contributed by atoms with E-state index in [1.807, 2.05) is 26.1 Å². The highest BCUT2D eigenvalue weighted by Crippen LogP contribution is 2.38. The lowest BCUT2D eigenvalue weighted by molar-refractivity contribution is -0.118. The average Bonchev–Trinajstić information content (AvgIpc) is 2.33. The van der Waals surface area contributed by atoms with Crippen molar-refractivity contribution < 1.29 is 9.59 Å². The van der Waals surface area contributed by atoms with Gasteiger partial charge in [0, 0.05) is 18.4 Å². The Labute approximate surface area is 112 Å². The molecule has 0 bridgehead atoms. The summed E-state index contributed by atoms with van der Waals surface area (Å²) < 4.78 is 0. The minimum atomic E-state index is -0.0365. The highest BCUT2D eigenvalue weighted by atomic mass is 32.2. The molecule has 0 aliphatic carbocycles. The number of Topliss-reactive ketones (excluding diaryl/α,β-unsaturated/α-hetero) is 1. The minimum absolute atomic E-state index is 0.0365. The summed E-state index contributed by atoms with van der Waals surface area (Å²) in [6.07, 6.45) is 1.35. The normalized spacial score (nSPS) is 18.7. The van der Waals surface area contributed by atoms with Crippen LogP contribution in [0.3, 0.4) is 0 Å². The first-order chi connectivity index (χ1) is 8.49. The van der Waals surface area contributed by atoms with E-state index in [0.717, 1.165) is 22.6 Å². The van der Waals surface area contributed by atoms with Crippen molar-refractivity contribution in [1.29, 1.82) is 0 Å². The summed E-state index contributed by atoms with van der Waals surface area (Å²) in [7, 11) is 1.81. The number of rotatable bonds is 3. The van der Waals surface area contributed by atoms with E-state index in [2.05, 4.69) is 6.07 Å². The third-order valence-corrected chi connectivity index (χ3v) is 4.27. The topological polar surface area (TPSA) is 37.4 Å². The van der Waals surface area contributed by atoms with Gasteiger partial charge < -0.3 is 9.69 Å². The first-order valence-corrected chi connectivity index (χ1v) is 6.93. The maximum absolute atomic E-state index is 11.8. The molecule has 96 valence electrons. The smallest absolute Gasteiger partial charge is 0.239 e. The number of carbonyl (C=O) groups excluding carboxylic acids is 2. The zero-order valence-electron chi connectivity index (χ0n) is 10.9. The van der Waals surface area contributed by atoms with Crippen LogP contribution in [0.25, 0.3) is 0 Å². The maximum Gasteiger partial charge on any atom is 0.239 e. The van der Waals surface area contributed by atoms with Crippen LogP contribution in [0.4, 0.5) is 5.69 Å². The zero-order valence-corrected chi connectivity index (χ0v) is 11.7. The van der Waals surface area contributed by atoms with Gasteiger partial charge >= 0.3 is 0 Å². The number of anilines is 1. The molecule has 18 heavy (non-hydrogen) atoms. The molecule has 0 aromatic heterocycles. The van der Waals surface area contributed by atoms with Gasteiger partial charge in [0.15, 0.2) is 0 Å². The Morgan fingerprint density at radius 2 is 2.17 bits per heavy atom. The van der Waals surface area contributed by atoms with E-state index in [0.29, 0.717) is 6.42 Å². The molecule has 0 saturated heterocycles. The zero-order chi connectivity index (χ0) is 13.3. The Morgan fingerprint density at radius 1 is 1.44 bits per heavy atom. The van der Waals surface area contributed by atoms with Crippen LogP contribution in [0.2, 0.25) is 0 Å². The summed E-state index contributed by atoms with van der Waals surface area (Å²) >= 11 is 1.60. The number of aryl methyl sites for hydroxylation is 1. The van der Waals surface area contributed by atoms with Crippen LogP contribution < -0.4 is 4.90 Å². The highest BCUT2D eigenvalue weighted by Gasteiger charge is 2.27. The number of fused-ring (bicyclic) bond motifs is 1. The molecule has 0 spiro atoms. The number of nitrogens with zero attached hydrogens (tertiary/aromatic N) is 1. The fourth-order valence-corrected chi connectivity index (χ4v) is 3.22. The number of hydrogen-bond donors (Lipinski definition) is 0. The van der Waals surface area contributed by atoms with Crippen LogP contribution >= 0.6 is 11.8 Å². The van der Waals surface area contributed by atoms with Gasteiger partial charge in [0.05, 0.1) is 10.9 Å². The molecule has 1 unspecified atom stereocenters. The van der Waals surface area contributed by atoms with Crippen molar-refractivity contribution in [2.45, 2.75) is 36.8 Å². The second-order valence-corrected chi connectivity index (χ2v) is 6.04. The van der Waals surface area contributed by atoms with Crippen molar-refractivity contribution in [3.8, 4) is 0 Å². The highest BCUT2D eigenvalue weighted by molar-refractivity contribution is 8.00. The van der Waals surface area contributed by atoms with E-state index in [9.17, 15) is 9.59 Å². The van der Waals surface area contributed by atoms with Gasteiger partial charge in [-0.05, 0) is 38.0 Å². The largest absolute Gasteiger partial charge is 0.313 e. The molecule has 1 aromatic carbocycles. The molecular weight excluding hydrogens is 246 g/mol. The van der Waals surface area contributed by atoms with Gasteiger partial charge in [0.25, 0.3) is 0 Å². The van der Waals surface area contributed by atoms with Crippen LogP contribution in [0.5, 0.6) is 0 Å². The van der Waals surface area contributed by atoms with Crippen molar-refractivity contribution in [3.05, 3.63) is 23.8 Å². The van der Waals surface area contributed by atoms with Gasteiger partial charge in [-0.3, -0.25) is 4.79 Å². The predicted molar refractivity (Wildman–Crippen MR) is 74.2 cm³/mol. The fourth-order valence-electron chi connectivity index (χ4n) is 2.04. The van der Waals surface area contributed by atoms with Crippen molar-refractivity contribution in [3.63, 3.8) is 0 Å². The van der Waals surface area contributed by atoms with E-state index in [1.165, 1.54) is 0 Å². The number of ketones is 1. The number of benzene rings is 1. The van der Waals surface area contributed by atoms with Crippen LogP contribution in [0.15, 0.2) is 23.1 Å². The van der Waals surface area contributed by atoms with E-state index < -0.39 is 0 Å². The second-order valence-electron chi connectivity index (χ2n) is 4.66. The minimum Gasteiger partial charge on any atom is -0.313 e. The molecule has 1 amide bonds. The molecule has 1 aromatic rings. The Hall–Kier alpha value is -1.29. The number of carbonyl (C=O) groups is 2. The molecule has 0 N–H and O–H groups in total. The van der Waals surface area contributed by atoms with Crippen molar-refractivity contribution in [2.24, 2.45) is 0 Å². The van der Waals surface area contributed by atoms with Gasteiger partial charge in [0.1, 0.15) is 5.78 Å². The first-order valence-electron chi connectivity index (χ1n) is 6.05.